The molecule has 0 fully saturated rings. The molecule has 1 aliphatic rings. The van der Waals surface area contributed by atoms with E-state index in [2.05, 4.69) is 20.6 Å². The Balaban J connectivity index is 1.64. The van der Waals surface area contributed by atoms with Crippen molar-refractivity contribution in [3.05, 3.63) is 58.0 Å². The first-order valence-electron chi connectivity index (χ1n) is 9.10. The molecule has 144 valence electrons. The number of anilines is 1. The minimum Gasteiger partial charge on any atom is -0.321 e. The number of nitrogens with one attached hydrogen (secondary N) is 1. The third-order valence-electron chi connectivity index (χ3n) is 4.77. The van der Waals surface area contributed by atoms with Crippen LogP contribution in [0.5, 0.6) is 0 Å². The monoisotopic (exact) mass is 382 g/mol. The predicted molar refractivity (Wildman–Crippen MR) is 100 cm³/mol. The highest BCUT2D eigenvalue weighted by molar-refractivity contribution is 6.03. The molecule has 1 aliphatic heterocycles. The summed E-state index contributed by atoms with van der Waals surface area (Å²) in [6.07, 6.45) is 3.97. The molecule has 1 N–H and O–H groups in total. The SMILES string of the molecule is Cn1nc(C(=O)Nc2ccc(F)c(-c3nnc4n3CCCCC4)c2)ccc1=O. The van der Waals surface area contributed by atoms with Crippen molar-refractivity contribution >= 4 is 11.6 Å². The Morgan fingerprint density at radius 3 is 2.82 bits per heavy atom. The van der Waals surface area contributed by atoms with E-state index in [1.807, 2.05) is 4.57 Å². The fourth-order valence-corrected chi connectivity index (χ4v) is 3.28. The lowest BCUT2D eigenvalue weighted by Crippen LogP contribution is -2.23. The van der Waals surface area contributed by atoms with Crippen LogP contribution in [-0.2, 0) is 20.0 Å². The van der Waals surface area contributed by atoms with Gasteiger partial charge in [0.2, 0.25) is 0 Å². The van der Waals surface area contributed by atoms with Gasteiger partial charge in [0, 0.05) is 31.8 Å². The van der Waals surface area contributed by atoms with Crippen LogP contribution in [0, 0.1) is 5.82 Å². The van der Waals surface area contributed by atoms with Gasteiger partial charge in [-0.2, -0.15) is 5.10 Å². The maximum absolute atomic E-state index is 14.5. The Hall–Kier alpha value is -3.36. The molecular formula is C19H19FN6O2. The standard InChI is InChI=1S/C19H19FN6O2/c1-25-17(27)9-8-15(24-25)19(28)21-12-6-7-14(20)13(11-12)18-23-22-16-5-3-2-4-10-26(16)18/h6-9,11H,2-5,10H2,1H3,(H,21,28). The average Bonchev–Trinajstić information content (AvgIpc) is 2.93. The second kappa shape index (κ2) is 7.34. The van der Waals surface area contributed by atoms with Crippen LogP contribution in [-0.4, -0.2) is 30.5 Å². The van der Waals surface area contributed by atoms with Crippen molar-refractivity contribution in [3.63, 3.8) is 0 Å². The highest BCUT2D eigenvalue weighted by Crippen LogP contribution is 2.27. The summed E-state index contributed by atoms with van der Waals surface area (Å²) in [5.74, 6) is 0.396. The first-order valence-corrected chi connectivity index (χ1v) is 9.10. The Kier molecular flexibility index (Phi) is 4.72. The molecule has 0 saturated heterocycles. The summed E-state index contributed by atoms with van der Waals surface area (Å²) in [6.45, 7) is 0.746. The molecule has 3 heterocycles. The molecular weight excluding hydrogens is 363 g/mol. The van der Waals surface area contributed by atoms with Gasteiger partial charge in [-0.3, -0.25) is 9.59 Å². The van der Waals surface area contributed by atoms with Crippen molar-refractivity contribution in [2.45, 2.75) is 32.2 Å². The van der Waals surface area contributed by atoms with Gasteiger partial charge < -0.3 is 9.88 Å². The second-order valence-corrected chi connectivity index (χ2v) is 6.73. The summed E-state index contributed by atoms with van der Waals surface area (Å²) in [4.78, 5) is 23.8. The molecule has 0 spiro atoms. The topological polar surface area (TPSA) is 94.7 Å². The van der Waals surface area contributed by atoms with Gasteiger partial charge in [0.05, 0.1) is 5.56 Å². The van der Waals surface area contributed by atoms with E-state index in [0.717, 1.165) is 42.7 Å². The normalized spacial score (nSPS) is 13.6. The Morgan fingerprint density at radius 2 is 2.00 bits per heavy atom. The number of hydrogen-bond donors (Lipinski definition) is 1. The Bertz CT molecular complexity index is 1100. The number of aryl methyl sites for hydroxylation is 2. The van der Waals surface area contributed by atoms with E-state index in [1.54, 1.807) is 0 Å². The number of carbonyl (C=O) groups excluding carboxylic acids is 1. The van der Waals surface area contributed by atoms with Crippen LogP contribution in [0.1, 0.15) is 35.6 Å². The number of carbonyl (C=O) groups is 1. The molecule has 0 unspecified atom stereocenters. The van der Waals surface area contributed by atoms with Gasteiger partial charge in [-0.1, -0.05) is 6.42 Å². The number of aromatic nitrogens is 5. The van der Waals surface area contributed by atoms with Crippen molar-refractivity contribution in [2.75, 3.05) is 5.32 Å². The summed E-state index contributed by atoms with van der Waals surface area (Å²) in [5, 5.41) is 15.0. The molecule has 4 rings (SSSR count). The lowest BCUT2D eigenvalue weighted by Gasteiger charge is -2.10. The number of hydrogen-bond acceptors (Lipinski definition) is 5. The van der Waals surface area contributed by atoms with Crippen LogP contribution in [0.25, 0.3) is 11.4 Å². The van der Waals surface area contributed by atoms with E-state index in [1.165, 1.54) is 37.4 Å². The third kappa shape index (κ3) is 3.42. The van der Waals surface area contributed by atoms with Gasteiger partial charge in [-0.15, -0.1) is 10.2 Å². The molecule has 9 heteroatoms. The zero-order chi connectivity index (χ0) is 19.7. The van der Waals surface area contributed by atoms with Gasteiger partial charge in [-0.25, -0.2) is 9.07 Å². The molecule has 0 bridgehead atoms. The van der Waals surface area contributed by atoms with Gasteiger partial charge in [0.25, 0.3) is 11.5 Å². The average molecular weight is 382 g/mol. The van der Waals surface area contributed by atoms with Crippen molar-refractivity contribution < 1.29 is 9.18 Å². The Labute approximate surface area is 160 Å². The van der Waals surface area contributed by atoms with Crippen molar-refractivity contribution in [1.29, 1.82) is 0 Å². The molecule has 1 amide bonds. The molecule has 3 aromatic rings. The van der Waals surface area contributed by atoms with Crippen molar-refractivity contribution in [2.24, 2.45) is 7.05 Å². The smallest absolute Gasteiger partial charge is 0.276 e. The number of fused-ring (bicyclic) bond motifs is 1. The van der Waals surface area contributed by atoms with E-state index in [4.69, 9.17) is 0 Å². The minimum atomic E-state index is -0.492. The zero-order valence-corrected chi connectivity index (χ0v) is 15.4. The molecule has 0 atom stereocenters. The third-order valence-corrected chi connectivity index (χ3v) is 4.77. The quantitative estimate of drug-likeness (QED) is 0.749. The summed E-state index contributed by atoms with van der Waals surface area (Å²) >= 11 is 0. The van der Waals surface area contributed by atoms with E-state index in [-0.39, 0.29) is 16.8 Å². The predicted octanol–water partition coefficient (Wildman–Crippen LogP) is 2.16. The molecule has 28 heavy (non-hydrogen) atoms. The maximum Gasteiger partial charge on any atom is 0.276 e. The lowest BCUT2D eigenvalue weighted by molar-refractivity contribution is 0.102. The highest BCUT2D eigenvalue weighted by atomic mass is 19.1. The van der Waals surface area contributed by atoms with Crippen molar-refractivity contribution in [1.82, 2.24) is 24.5 Å². The van der Waals surface area contributed by atoms with Gasteiger partial charge >= 0.3 is 0 Å². The molecule has 2 aromatic heterocycles. The van der Waals surface area contributed by atoms with Crippen LogP contribution in [0.2, 0.25) is 0 Å². The van der Waals surface area contributed by atoms with E-state index < -0.39 is 11.7 Å². The van der Waals surface area contributed by atoms with E-state index in [0.29, 0.717) is 11.5 Å². The zero-order valence-electron chi connectivity index (χ0n) is 15.4. The van der Waals surface area contributed by atoms with Gasteiger partial charge in [-0.05, 0) is 37.1 Å². The first-order chi connectivity index (χ1) is 13.5. The fourth-order valence-electron chi connectivity index (χ4n) is 3.28. The van der Waals surface area contributed by atoms with E-state index in [9.17, 15) is 14.0 Å². The number of rotatable bonds is 3. The van der Waals surface area contributed by atoms with Crippen LogP contribution in [0.15, 0.2) is 35.1 Å². The molecule has 1 aromatic carbocycles. The lowest BCUT2D eigenvalue weighted by atomic mass is 10.1. The summed E-state index contributed by atoms with van der Waals surface area (Å²) in [7, 11) is 1.46. The molecule has 0 radical (unpaired) electrons. The van der Waals surface area contributed by atoms with Crippen LogP contribution in [0.4, 0.5) is 10.1 Å². The van der Waals surface area contributed by atoms with Crippen LogP contribution in [0.3, 0.4) is 0 Å². The highest BCUT2D eigenvalue weighted by Gasteiger charge is 2.19. The fraction of sp³-hybridized carbons (Fsp3) is 0.316. The molecule has 0 saturated carbocycles. The van der Waals surface area contributed by atoms with Crippen LogP contribution < -0.4 is 10.9 Å². The maximum atomic E-state index is 14.5. The van der Waals surface area contributed by atoms with Gasteiger partial charge in [0.1, 0.15) is 17.3 Å². The summed E-state index contributed by atoms with van der Waals surface area (Å²) in [6, 6.07) is 6.91. The first kappa shape index (κ1) is 18.0. The largest absolute Gasteiger partial charge is 0.321 e. The molecule has 8 nitrogen and oxygen atoms in total. The van der Waals surface area contributed by atoms with Crippen LogP contribution >= 0.6 is 0 Å². The summed E-state index contributed by atoms with van der Waals surface area (Å²) in [5.41, 5.74) is 0.465. The van der Waals surface area contributed by atoms with E-state index >= 15 is 0 Å². The molecule has 0 aliphatic carbocycles. The van der Waals surface area contributed by atoms with Gasteiger partial charge in [0.15, 0.2) is 5.82 Å². The summed E-state index contributed by atoms with van der Waals surface area (Å²) < 4.78 is 17.5. The van der Waals surface area contributed by atoms with Crippen molar-refractivity contribution in [3.8, 4) is 11.4 Å². The number of amides is 1. The number of benzene rings is 1. The second-order valence-electron chi connectivity index (χ2n) is 6.73. The number of halogens is 1. The number of nitrogens with zero attached hydrogens (tertiary/aromatic N) is 5. The Morgan fingerprint density at radius 1 is 1.14 bits per heavy atom. The minimum absolute atomic E-state index is 0.0873.